The molecule has 0 radical (unpaired) electrons. The maximum Gasteiger partial charge on any atom is 0.233 e. The highest BCUT2D eigenvalue weighted by atomic mass is 16.6. The molecule has 4 unspecified atom stereocenters. The number of carbonyl (C=O) groups excluding carboxylic acids is 2. The van der Waals surface area contributed by atoms with Crippen LogP contribution < -0.4 is 0 Å². The Balaban J connectivity index is 1.71. The highest BCUT2D eigenvalue weighted by Crippen LogP contribution is 2.39. The zero-order valence-corrected chi connectivity index (χ0v) is 10.9. The Morgan fingerprint density at radius 3 is 2.22 bits per heavy atom. The minimum absolute atomic E-state index is 0.0103. The molecule has 2 saturated heterocycles. The SMILES string of the molecule is CCC(CN1C(=O)C2CCCCC2C1=O)C1CO1. The molecule has 3 fully saturated rings. The fourth-order valence-electron chi connectivity index (χ4n) is 3.48. The van der Waals surface area contributed by atoms with E-state index < -0.39 is 0 Å². The Kier molecular flexibility index (Phi) is 3.14. The molecule has 4 atom stereocenters. The van der Waals surface area contributed by atoms with E-state index >= 15 is 0 Å². The Labute approximate surface area is 108 Å². The molecule has 2 amide bonds. The van der Waals surface area contributed by atoms with Gasteiger partial charge in [-0.15, -0.1) is 0 Å². The van der Waals surface area contributed by atoms with E-state index in [9.17, 15) is 9.59 Å². The second-order valence-electron chi connectivity index (χ2n) is 5.82. The van der Waals surface area contributed by atoms with Crippen LogP contribution in [0.3, 0.4) is 0 Å². The van der Waals surface area contributed by atoms with Crippen LogP contribution in [0.25, 0.3) is 0 Å². The third-order valence-corrected chi connectivity index (χ3v) is 4.76. The van der Waals surface area contributed by atoms with Gasteiger partial charge >= 0.3 is 0 Å². The predicted octanol–water partition coefficient (Wildman–Crippen LogP) is 1.59. The first-order chi connectivity index (χ1) is 8.72. The molecule has 3 rings (SSSR count). The van der Waals surface area contributed by atoms with Crippen molar-refractivity contribution >= 4 is 11.8 Å². The van der Waals surface area contributed by atoms with Crippen molar-refractivity contribution in [3.63, 3.8) is 0 Å². The van der Waals surface area contributed by atoms with Crippen LogP contribution in [0.2, 0.25) is 0 Å². The van der Waals surface area contributed by atoms with Crippen LogP contribution in [0.5, 0.6) is 0 Å². The predicted molar refractivity (Wildman–Crippen MR) is 65.7 cm³/mol. The summed E-state index contributed by atoms with van der Waals surface area (Å²) in [5.74, 6) is 0.485. The lowest BCUT2D eigenvalue weighted by molar-refractivity contribution is -0.140. The van der Waals surface area contributed by atoms with Crippen molar-refractivity contribution in [2.24, 2.45) is 17.8 Å². The van der Waals surface area contributed by atoms with Gasteiger partial charge in [-0.1, -0.05) is 19.8 Å². The lowest BCUT2D eigenvalue weighted by Crippen LogP contribution is -2.37. The van der Waals surface area contributed by atoms with Gasteiger partial charge in [0.15, 0.2) is 0 Å². The second-order valence-corrected chi connectivity index (χ2v) is 5.82. The van der Waals surface area contributed by atoms with Gasteiger partial charge in [-0.3, -0.25) is 14.5 Å². The molecule has 2 heterocycles. The largest absolute Gasteiger partial charge is 0.373 e. The third kappa shape index (κ3) is 1.96. The summed E-state index contributed by atoms with van der Waals surface area (Å²) < 4.78 is 5.31. The number of ether oxygens (including phenoxy) is 1. The minimum atomic E-state index is -0.0103. The summed E-state index contributed by atoms with van der Waals surface area (Å²) in [6.07, 6.45) is 5.24. The lowest BCUT2D eigenvalue weighted by atomic mass is 9.81. The molecule has 0 aromatic carbocycles. The van der Waals surface area contributed by atoms with Gasteiger partial charge in [-0.2, -0.15) is 0 Å². The van der Waals surface area contributed by atoms with Crippen molar-refractivity contribution in [1.82, 2.24) is 4.90 Å². The number of rotatable bonds is 4. The van der Waals surface area contributed by atoms with Gasteiger partial charge < -0.3 is 4.74 Å². The Bertz CT molecular complexity index is 340. The molecule has 18 heavy (non-hydrogen) atoms. The van der Waals surface area contributed by atoms with Gasteiger partial charge in [0, 0.05) is 12.5 Å². The number of epoxide rings is 1. The number of carbonyl (C=O) groups is 2. The van der Waals surface area contributed by atoms with E-state index in [1.807, 2.05) is 0 Å². The fourth-order valence-corrected chi connectivity index (χ4v) is 3.48. The maximum absolute atomic E-state index is 12.3. The van der Waals surface area contributed by atoms with E-state index in [1.54, 1.807) is 0 Å². The molecule has 2 aliphatic heterocycles. The van der Waals surface area contributed by atoms with E-state index in [0.717, 1.165) is 38.7 Å². The standard InChI is InChI=1S/C14H21NO3/c1-2-9(12-8-18-12)7-15-13(16)10-5-3-4-6-11(10)14(15)17/h9-12H,2-8H2,1H3. The maximum atomic E-state index is 12.3. The monoisotopic (exact) mass is 251 g/mol. The zero-order chi connectivity index (χ0) is 12.7. The molecule has 100 valence electrons. The zero-order valence-electron chi connectivity index (χ0n) is 10.9. The summed E-state index contributed by atoms with van der Waals surface area (Å²) in [4.78, 5) is 26.2. The molecule has 1 aliphatic carbocycles. The molecular formula is C14H21NO3. The van der Waals surface area contributed by atoms with E-state index in [4.69, 9.17) is 4.74 Å². The minimum Gasteiger partial charge on any atom is -0.373 e. The van der Waals surface area contributed by atoms with Crippen LogP contribution in [0.15, 0.2) is 0 Å². The molecule has 4 nitrogen and oxygen atoms in total. The molecular weight excluding hydrogens is 230 g/mol. The fraction of sp³-hybridized carbons (Fsp3) is 0.857. The first-order valence-corrected chi connectivity index (χ1v) is 7.19. The number of nitrogens with zero attached hydrogens (tertiary/aromatic N) is 1. The third-order valence-electron chi connectivity index (χ3n) is 4.76. The number of amides is 2. The van der Waals surface area contributed by atoms with Crippen molar-refractivity contribution in [3.05, 3.63) is 0 Å². The highest BCUT2D eigenvalue weighted by molar-refractivity contribution is 6.05. The van der Waals surface area contributed by atoms with Gasteiger partial charge in [0.25, 0.3) is 0 Å². The molecule has 0 bridgehead atoms. The normalized spacial score (nSPS) is 36.7. The molecule has 1 saturated carbocycles. The van der Waals surface area contributed by atoms with Crippen LogP contribution in [0, 0.1) is 17.8 Å². The van der Waals surface area contributed by atoms with Crippen molar-refractivity contribution < 1.29 is 14.3 Å². The van der Waals surface area contributed by atoms with Crippen LogP contribution in [-0.2, 0) is 14.3 Å². The van der Waals surface area contributed by atoms with Crippen LogP contribution >= 0.6 is 0 Å². The first-order valence-electron chi connectivity index (χ1n) is 7.19. The Morgan fingerprint density at radius 2 is 1.78 bits per heavy atom. The van der Waals surface area contributed by atoms with E-state index in [2.05, 4.69) is 6.92 Å². The summed E-state index contributed by atoms with van der Waals surface area (Å²) in [5, 5.41) is 0. The van der Waals surface area contributed by atoms with Crippen molar-refractivity contribution in [2.75, 3.05) is 13.2 Å². The number of hydrogen-bond acceptors (Lipinski definition) is 3. The van der Waals surface area contributed by atoms with Crippen LogP contribution in [-0.4, -0.2) is 36.0 Å². The van der Waals surface area contributed by atoms with Crippen molar-refractivity contribution in [3.8, 4) is 0 Å². The van der Waals surface area contributed by atoms with Gasteiger partial charge in [-0.05, 0) is 19.3 Å². The van der Waals surface area contributed by atoms with E-state index in [0.29, 0.717) is 12.5 Å². The first kappa shape index (κ1) is 12.2. The number of fused-ring (bicyclic) bond motifs is 1. The number of imide groups is 1. The molecule has 4 heteroatoms. The summed E-state index contributed by atoms with van der Waals surface area (Å²) in [6, 6.07) is 0. The van der Waals surface area contributed by atoms with Gasteiger partial charge in [0.1, 0.15) is 0 Å². The summed E-state index contributed by atoms with van der Waals surface area (Å²) in [6.45, 7) is 3.47. The van der Waals surface area contributed by atoms with E-state index in [1.165, 1.54) is 4.90 Å². The quantitative estimate of drug-likeness (QED) is 0.563. The smallest absolute Gasteiger partial charge is 0.233 e. The molecule has 0 spiro atoms. The van der Waals surface area contributed by atoms with Gasteiger partial charge in [0.05, 0.1) is 24.5 Å². The number of likely N-dealkylation sites (tertiary alicyclic amines) is 1. The molecule has 0 aromatic rings. The van der Waals surface area contributed by atoms with Gasteiger partial charge in [-0.25, -0.2) is 0 Å². The number of hydrogen-bond donors (Lipinski definition) is 0. The van der Waals surface area contributed by atoms with Gasteiger partial charge in [0.2, 0.25) is 11.8 Å². The molecule has 0 aromatic heterocycles. The average Bonchev–Trinajstić information content (AvgIpc) is 3.20. The second kappa shape index (κ2) is 4.65. The summed E-state index contributed by atoms with van der Waals surface area (Å²) in [5.41, 5.74) is 0. The van der Waals surface area contributed by atoms with Crippen molar-refractivity contribution in [2.45, 2.75) is 45.1 Å². The summed E-state index contributed by atoms with van der Waals surface area (Å²) in [7, 11) is 0. The van der Waals surface area contributed by atoms with E-state index in [-0.39, 0.29) is 29.8 Å². The average molecular weight is 251 g/mol. The lowest BCUT2D eigenvalue weighted by Gasteiger charge is -2.20. The topological polar surface area (TPSA) is 49.9 Å². The highest BCUT2D eigenvalue weighted by Gasteiger charge is 2.49. The Morgan fingerprint density at radius 1 is 1.22 bits per heavy atom. The Hall–Kier alpha value is -0.900. The van der Waals surface area contributed by atoms with Crippen LogP contribution in [0.1, 0.15) is 39.0 Å². The molecule has 3 aliphatic rings. The van der Waals surface area contributed by atoms with Crippen LogP contribution in [0.4, 0.5) is 0 Å². The van der Waals surface area contributed by atoms with Crippen molar-refractivity contribution in [1.29, 1.82) is 0 Å². The molecule has 0 N–H and O–H groups in total. The summed E-state index contributed by atoms with van der Waals surface area (Å²) >= 11 is 0.